The number of aldehydes is 1. The molecule has 1 aliphatic carbocycles. The molecule has 2 fully saturated rings. The summed E-state index contributed by atoms with van der Waals surface area (Å²) in [4.78, 5) is 19.1. The zero-order valence-corrected chi connectivity index (χ0v) is 12.0. The molecule has 2 heterocycles. The van der Waals surface area contributed by atoms with E-state index in [1.807, 2.05) is 0 Å². The fraction of sp³-hybridized carbons (Fsp3) is 0.643. The van der Waals surface area contributed by atoms with E-state index in [2.05, 4.69) is 20.6 Å². The average Bonchev–Trinajstić information content (AvgIpc) is 2.45. The fourth-order valence-electron chi connectivity index (χ4n) is 2.59. The quantitative estimate of drug-likeness (QED) is 0.811. The summed E-state index contributed by atoms with van der Waals surface area (Å²) >= 11 is 0. The predicted molar refractivity (Wildman–Crippen MR) is 76.5 cm³/mol. The Morgan fingerprint density at radius 2 is 1.73 bits per heavy atom. The molecule has 1 saturated heterocycles. The van der Waals surface area contributed by atoms with Gasteiger partial charge in [0.15, 0.2) is 12.1 Å². The van der Waals surface area contributed by atoms with Crippen molar-refractivity contribution in [1.82, 2.24) is 9.97 Å². The maximum absolute atomic E-state index is 13.2. The number of nitrogens with zero attached hydrogens (tertiary/aromatic N) is 2. The van der Waals surface area contributed by atoms with Crippen LogP contribution in [0.1, 0.15) is 36.3 Å². The van der Waals surface area contributed by atoms with Crippen molar-refractivity contribution in [2.24, 2.45) is 0 Å². The Hall–Kier alpha value is -1.83. The number of alkyl halides is 2. The van der Waals surface area contributed by atoms with Crippen LogP contribution in [0, 0.1) is 0 Å². The van der Waals surface area contributed by atoms with Crippen LogP contribution < -0.4 is 10.6 Å². The molecule has 1 aromatic heterocycles. The minimum atomic E-state index is -2.56. The third-order valence-corrected chi connectivity index (χ3v) is 3.91. The Morgan fingerprint density at radius 1 is 1.14 bits per heavy atom. The highest BCUT2D eigenvalue weighted by Crippen LogP contribution is 2.34. The molecule has 3 rings (SSSR count). The Kier molecular flexibility index (Phi) is 4.19. The molecule has 0 spiro atoms. The summed E-state index contributed by atoms with van der Waals surface area (Å²) in [5.74, 6) is -1.48. The van der Waals surface area contributed by atoms with Crippen LogP contribution in [-0.4, -0.2) is 47.5 Å². The summed E-state index contributed by atoms with van der Waals surface area (Å²) in [5, 5.41) is 6.28. The van der Waals surface area contributed by atoms with Gasteiger partial charge < -0.3 is 15.4 Å². The summed E-state index contributed by atoms with van der Waals surface area (Å²) in [6, 6.07) is 1.81. The fourth-order valence-corrected chi connectivity index (χ4v) is 2.59. The van der Waals surface area contributed by atoms with Crippen molar-refractivity contribution in [1.29, 1.82) is 0 Å². The van der Waals surface area contributed by atoms with Gasteiger partial charge in [0, 0.05) is 24.9 Å². The molecule has 6 nitrogen and oxygen atoms in total. The van der Waals surface area contributed by atoms with Gasteiger partial charge in [-0.25, -0.2) is 18.7 Å². The zero-order chi connectivity index (χ0) is 15.6. The van der Waals surface area contributed by atoms with E-state index in [-0.39, 0.29) is 30.7 Å². The van der Waals surface area contributed by atoms with Crippen LogP contribution in [0.4, 0.5) is 20.4 Å². The molecule has 0 atom stereocenters. The lowest BCUT2D eigenvalue weighted by atomic mass is 9.92. The van der Waals surface area contributed by atoms with E-state index >= 15 is 0 Å². The summed E-state index contributed by atoms with van der Waals surface area (Å²) in [7, 11) is 0. The number of nitrogens with one attached hydrogen (secondary N) is 2. The first kappa shape index (κ1) is 15.1. The number of aromatic nitrogens is 2. The van der Waals surface area contributed by atoms with Gasteiger partial charge in [-0.1, -0.05) is 0 Å². The Bertz CT molecular complexity index is 542. The monoisotopic (exact) mass is 312 g/mol. The van der Waals surface area contributed by atoms with E-state index in [1.54, 1.807) is 6.07 Å². The second-order valence-corrected chi connectivity index (χ2v) is 5.77. The lowest BCUT2D eigenvalue weighted by molar-refractivity contribution is -0.0361. The molecule has 0 aromatic carbocycles. The summed E-state index contributed by atoms with van der Waals surface area (Å²) < 4.78 is 31.4. The average molecular weight is 312 g/mol. The minimum absolute atomic E-state index is 0.0612. The van der Waals surface area contributed by atoms with Crippen LogP contribution >= 0.6 is 0 Å². The summed E-state index contributed by atoms with van der Waals surface area (Å²) in [6.07, 6.45) is 1.09. The van der Waals surface area contributed by atoms with E-state index in [9.17, 15) is 13.6 Å². The molecule has 1 saturated carbocycles. The maximum atomic E-state index is 13.2. The first-order valence-electron chi connectivity index (χ1n) is 7.37. The maximum Gasteiger partial charge on any atom is 0.248 e. The third kappa shape index (κ3) is 3.68. The van der Waals surface area contributed by atoms with Gasteiger partial charge in [0.2, 0.25) is 5.92 Å². The Balaban J connectivity index is 1.66. The largest absolute Gasteiger partial charge is 0.377 e. The van der Waals surface area contributed by atoms with Crippen LogP contribution in [0.2, 0.25) is 0 Å². The van der Waals surface area contributed by atoms with Crippen LogP contribution in [0.15, 0.2) is 6.07 Å². The van der Waals surface area contributed by atoms with Gasteiger partial charge in [0.25, 0.3) is 0 Å². The number of carbonyl (C=O) groups is 1. The predicted octanol–water partition coefficient (Wildman–Crippen LogP) is 2.09. The molecule has 120 valence electrons. The normalized spacial score (nSPS) is 21.9. The van der Waals surface area contributed by atoms with Crippen molar-refractivity contribution >= 4 is 17.9 Å². The lowest BCUT2D eigenvalue weighted by Gasteiger charge is -2.29. The number of ether oxygens (including phenoxy) is 1. The number of rotatable bonds is 5. The molecule has 8 heteroatoms. The van der Waals surface area contributed by atoms with Crippen molar-refractivity contribution in [2.45, 2.75) is 43.7 Å². The molecule has 1 aromatic rings. The number of halogens is 2. The standard InChI is InChI=1S/C14H18F2N4O2/c15-14(16)3-1-9(2-4-14)17-11-5-12(18-10-7-22-8-10)20-13(6-21)19-11/h5-6,9-10H,1-4,7-8H2,(H2,17,18,19,20). The lowest BCUT2D eigenvalue weighted by Crippen LogP contribution is -2.40. The molecular formula is C14H18F2N4O2. The topological polar surface area (TPSA) is 76.1 Å². The molecular weight excluding hydrogens is 294 g/mol. The van der Waals surface area contributed by atoms with Crippen molar-refractivity contribution in [3.63, 3.8) is 0 Å². The van der Waals surface area contributed by atoms with Gasteiger partial charge in [-0.15, -0.1) is 0 Å². The molecule has 0 unspecified atom stereocenters. The highest BCUT2D eigenvalue weighted by molar-refractivity contribution is 5.71. The van der Waals surface area contributed by atoms with Gasteiger partial charge in [0.05, 0.1) is 19.3 Å². The van der Waals surface area contributed by atoms with Crippen LogP contribution in [0.3, 0.4) is 0 Å². The van der Waals surface area contributed by atoms with Crippen molar-refractivity contribution in [3.05, 3.63) is 11.9 Å². The number of hydrogen-bond acceptors (Lipinski definition) is 6. The molecule has 0 amide bonds. The number of carbonyl (C=O) groups excluding carboxylic acids is 1. The highest BCUT2D eigenvalue weighted by Gasteiger charge is 2.35. The van der Waals surface area contributed by atoms with Crippen LogP contribution in [0.5, 0.6) is 0 Å². The molecule has 2 aliphatic rings. The van der Waals surface area contributed by atoms with E-state index in [0.29, 0.717) is 44.0 Å². The highest BCUT2D eigenvalue weighted by atomic mass is 19.3. The van der Waals surface area contributed by atoms with Gasteiger partial charge in [-0.3, -0.25) is 4.79 Å². The van der Waals surface area contributed by atoms with E-state index in [0.717, 1.165) is 0 Å². The first-order valence-corrected chi connectivity index (χ1v) is 7.37. The van der Waals surface area contributed by atoms with Crippen LogP contribution in [-0.2, 0) is 4.74 Å². The van der Waals surface area contributed by atoms with Crippen molar-refractivity contribution < 1.29 is 18.3 Å². The smallest absolute Gasteiger partial charge is 0.248 e. The summed E-state index contributed by atoms with van der Waals surface area (Å²) in [6.45, 7) is 1.20. The van der Waals surface area contributed by atoms with E-state index < -0.39 is 5.92 Å². The Labute approximate surface area is 126 Å². The molecule has 0 radical (unpaired) electrons. The molecule has 2 N–H and O–H groups in total. The van der Waals surface area contributed by atoms with Gasteiger partial charge in [-0.2, -0.15) is 0 Å². The van der Waals surface area contributed by atoms with Crippen molar-refractivity contribution in [2.75, 3.05) is 23.8 Å². The second-order valence-electron chi connectivity index (χ2n) is 5.77. The zero-order valence-electron chi connectivity index (χ0n) is 12.0. The van der Waals surface area contributed by atoms with Gasteiger partial charge in [-0.05, 0) is 12.8 Å². The van der Waals surface area contributed by atoms with E-state index in [1.165, 1.54) is 0 Å². The van der Waals surface area contributed by atoms with Gasteiger partial charge >= 0.3 is 0 Å². The summed E-state index contributed by atoms with van der Waals surface area (Å²) in [5.41, 5.74) is 0. The van der Waals surface area contributed by atoms with Crippen LogP contribution in [0.25, 0.3) is 0 Å². The second kappa shape index (κ2) is 6.12. The Morgan fingerprint density at radius 3 is 2.23 bits per heavy atom. The molecule has 0 bridgehead atoms. The minimum Gasteiger partial charge on any atom is -0.377 e. The van der Waals surface area contributed by atoms with Gasteiger partial charge in [0.1, 0.15) is 11.6 Å². The molecule has 22 heavy (non-hydrogen) atoms. The third-order valence-electron chi connectivity index (χ3n) is 3.91. The first-order chi connectivity index (χ1) is 10.5. The number of hydrogen-bond donors (Lipinski definition) is 2. The van der Waals surface area contributed by atoms with Crippen molar-refractivity contribution in [3.8, 4) is 0 Å². The van der Waals surface area contributed by atoms with E-state index in [4.69, 9.17) is 4.74 Å². The number of anilines is 2. The SMILES string of the molecule is O=Cc1nc(NC2CCC(F)(F)CC2)cc(NC2COC2)n1. The molecule has 1 aliphatic heterocycles.